The topological polar surface area (TPSA) is 228 Å². The third kappa shape index (κ3) is 16.9. The number of likely N-dealkylation sites (N-methyl/N-ethyl adjacent to an activating group) is 2. The fourth-order valence-electron chi connectivity index (χ4n) is 12.8. The van der Waals surface area contributed by atoms with Crippen LogP contribution in [0.25, 0.3) is 10.8 Å². The molecule has 0 spiro atoms. The average Bonchev–Trinajstić information content (AvgIpc) is 1.46. The SMILES string of the molecule is C=C(C)C(=O)NCCNC.CC.COc1cc(C(=O)NCCN2CCN(CCCN3CCCC3COc3nc4c(c(N5CCN[C@@H](CC#N)C5)n3)CCN(c3cccc5cccc(Cl)c35)C4)CC2)ccc1Nc1ncc2c(n1)N(C1CCCC1)CC(=O)N2C. The van der Waals surface area contributed by atoms with E-state index in [1.54, 1.807) is 44.3 Å². The first-order valence-electron chi connectivity index (χ1n) is 32.1. The molecule has 478 valence electrons. The Kier molecular flexibility index (Phi) is 24.0. The summed E-state index contributed by atoms with van der Waals surface area (Å²) >= 11 is 6.81. The van der Waals surface area contributed by atoms with Gasteiger partial charge >= 0.3 is 6.01 Å². The highest BCUT2D eigenvalue weighted by molar-refractivity contribution is 6.36. The lowest BCUT2D eigenvalue weighted by Gasteiger charge is -2.37. The summed E-state index contributed by atoms with van der Waals surface area (Å²) in [6, 6.07) is 21.2. The third-order valence-corrected chi connectivity index (χ3v) is 18.0. The first kappa shape index (κ1) is 66.0. The number of hydrogen-bond acceptors (Lipinski definition) is 19. The van der Waals surface area contributed by atoms with E-state index >= 15 is 0 Å². The molecular weight excluding hydrogens is 1150 g/mol. The minimum absolute atomic E-state index is 0.0379. The summed E-state index contributed by atoms with van der Waals surface area (Å²) in [5, 5.41) is 28.0. The molecule has 3 amide bonds. The van der Waals surface area contributed by atoms with Gasteiger partial charge in [0.1, 0.15) is 23.9 Å². The highest BCUT2D eigenvalue weighted by atomic mass is 35.5. The lowest BCUT2D eigenvalue weighted by atomic mass is 10.0. The number of fused-ring (bicyclic) bond motifs is 3. The number of anilines is 6. The number of ether oxygens (including phenoxy) is 2. The van der Waals surface area contributed by atoms with Gasteiger partial charge in [0.05, 0.1) is 55.3 Å². The van der Waals surface area contributed by atoms with Crippen LogP contribution >= 0.6 is 11.6 Å². The van der Waals surface area contributed by atoms with E-state index in [4.69, 9.17) is 36.0 Å². The second-order valence-corrected chi connectivity index (χ2v) is 23.9. The molecule has 2 atom stereocenters. The minimum Gasteiger partial charge on any atom is -0.495 e. The molecule has 1 aliphatic carbocycles. The van der Waals surface area contributed by atoms with E-state index in [1.807, 2.05) is 39.1 Å². The number of rotatable bonds is 22. The number of nitrogens with zero attached hydrogens (tertiary/aromatic N) is 12. The molecule has 0 bridgehead atoms. The summed E-state index contributed by atoms with van der Waals surface area (Å²) in [5.74, 6) is 2.41. The molecule has 7 heterocycles. The third-order valence-electron chi connectivity index (χ3n) is 17.7. The second-order valence-electron chi connectivity index (χ2n) is 23.5. The number of halogens is 1. The first-order valence-corrected chi connectivity index (χ1v) is 32.5. The van der Waals surface area contributed by atoms with Gasteiger partial charge in [-0.15, -0.1) is 0 Å². The van der Waals surface area contributed by atoms with Crippen LogP contribution in [0.3, 0.4) is 0 Å². The first-order chi connectivity index (χ1) is 43.4. The Morgan fingerprint density at radius 3 is 2.38 bits per heavy atom. The Bertz CT molecular complexity index is 3250. The van der Waals surface area contributed by atoms with Crippen LogP contribution in [0.1, 0.15) is 93.8 Å². The van der Waals surface area contributed by atoms with Gasteiger partial charge in [-0.3, -0.25) is 24.2 Å². The van der Waals surface area contributed by atoms with Gasteiger partial charge in [0.25, 0.3) is 5.91 Å². The number of carbonyl (C=O) groups excluding carboxylic acids is 3. The maximum Gasteiger partial charge on any atom is 0.318 e. The van der Waals surface area contributed by atoms with Crippen molar-refractivity contribution in [3.05, 3.63) is 94.8 Å². The number of likely N-dealkylation sites (tertiary alicyclic amines) is 1. The maximum atomic E-state index is 13.4. The molecule has 3 aromatic carbocycles. The van der Waals surface area contributed by atoms with Crippen LogP contribution in [0, 0.1) is 11.3 Å². The number of hydrogen-bond donors (Lipinski definition) is 5. The Hall–Kier alpha value is -7.39. The van der Waals surface area contributed by atoms with Crippen molar-refractivity contribution < 1.29 is 23.9 Å². The van der Waals surface area contributed by atoms with Crippen LogP contribution in [0.4, 0.5) is 34.6 Å². The van der Waals surface area contributed by atoms with Gasteiger partial charge in [0.2, 0.25) is 17.8 Å². The number of nitrogens with one attached hydrogen (secondary N) is 5. The Balaban J connectivity index is 0.000000715. The van der Waals surface area contributed by atoms with Crippen LogP contribution in [0.5, 0.6) is 11.8 Å². The summed E-state index contributed by atoms with van der Waals surface area (Å²) in [4.78, 5) is 72.7. The van der Waals surface area contributed by atoms with E-state index in [0.29, 0.717) is 92.0 Å². The predicted octanol–water partition coefficient (Wildman–Crippen LogP) is 7.01. The van der Waals surface area contributed by atoms with Crippen molar-refractivity contribution >= 4 is 74.7 Å². The monoisotopic (exact) mass is 1240 g/mol. The van der Waals surface area contributed by atoms with E-state index in [1.165, 1.54) is 5.56 Å². The van der Waals surface area contributed by atoms with Crippen molar-refractivity contribution in [1.29, 1.82) is 5.26 Å². The largest absolute Gasteiger partial charge is 0.495 e. The van der Waals surface area contributed by atoms with Gasteiger partial charge in [-0.25, -0.2) is 4.98 Å². The van der Waals surface area contributed by atoms with Crippen molar-refractivity contribution in [2.24, 2.45) is 0 Å². The summed E-state index contributed by atoms with van der Waals surface area (Å²) < 4.78 is 12.3. The number of aromatic nitrogens is 4. The van der Waals surface area contributed by atoms with Crippen molar-refractivity contribution in [2.75, 3.05) is 157 Å². The van der Waals surface area contributed by atoms with Crippen LogP contribution in [-0.2, 0) is 22.6 Å². The number of nitriles is 1. The molecule has 4 fully saturated rings. The van der Waals surface area contributed by atoms with Gasteiger partial charge in [0.15, 0.2) is 5.82 Å². The summed E-state index contributed by atoms with van der Waals surface area (Å²) in [6.45, 7) is 23.6. The van der Waals surface area contributed by atoms with E-state index in [2.05, 4.69) is 97.9 Å². The van der Waals surface area contributed by atoms with E-state index in [-0.39, 0.29) is 29.8 Å². The van der Waals surface area contributed by atoms with Crippen molar-refractivity contribution in [3.63, 3.8) is 0 Å². The van der Waals surface area contributed by atoms with E-state index in [0.717, 1.165) is 169 Å². The van der Waals surface area contributed by atoms with Crippen molar-refractivity contribution in [3.8, 4) is 17.8 Å². The maximum absolute atomic E-state index is 13.4. The predicted molar refractivity (Wildman–Crippen MR) is 354 cm³/mol. The number of benzene rings is 3. The fraction of sp³-hybridized carbons (Fsp3) is 0.545. The molecule has 1 saturated carbocycles. The molecule has 5 aliphatic heterocycles. The standard InChI is InChI=1S/C57H72ClN15O4.C7H14N2O.C2H6/c1-67-49-34-62-56(65-54(49)73(37-51(67)74)42-11-3-4-12-42)63-46-17-16-40(33-50(46)76-2)55(75)61-21-27-69-31-29-68(30-32-69)23-8-25-70-24-7-13-43(70)38-77-57-64-47-36-71(48-15-6-10-39-9-5-14-45(58)52(39)48)26-19-44(47)53(66-57)72-28-22-60-41(35-72)18-20-59;1-6(2)7(10)9-5-4-8-3;1-2/h5-6,9-10,14-17,33-34,41-43,60H,3-4,7-8,11-13,18-19,21-32,35-38H2,1-2H3,(H,61,75)(H,62,63,65);8H,1,4-5H2,2-3H3,(H,9,10);1-2H3/t41-,43?;;/m0../s1. The minimum atomic E-state index is -0.152. The molecule has 5 N–H and O–H groups in total. The van der Waals surface area contributed by atoms with Crippen LogP contribution in [0.2, 0.25) is 5.02 Å². The summed E-state index contributed by atoms with van der Waals surface area (Å²) in [5.41, 5.74) is 5.67. The smallest absolute Gasteiger partial charge is 0.318 e. The van der Waals surface area contributed by atoms with Gasteiger partial charge in [-0.05, 0) is 108 Å². The second kappa shape index (κ2) is 32.4. The van der Waals surface area contributed by atoms with Gasteiger partial charge < -0.3 is 60.6 Å². The molecule has 2 aromatic heterocycles. The van der Waals surface area contributed by atoms with Gasteiger partial charge in [0, 0.05) is 131 Å². The van der Waals surface area contributed by atoms with Gasteiger partial charge in [-0.1, -0.05) is 69.1 Å². The molecule has 11 rings (SSSR count). The quantitative estimate of drug-likeness (QED) is 0.0347. The molecule has 6 aliphatic rings. The normalized spacial score (nSPS) is 18.9. The molecule has 3 saturated heterocycles. The zero-order chi connectivity index (χ0) is 62.8. The average molecular weight is 1240 g/mol. The molecule has 5 aromatic rings. The van der Waals surface area contributed by atoms with Gasteiger partial charge in [-0.2, -0.15) is 20.2 Å². The number of carbonyl (C=O) groups is 3. The molecule has 22 nitrogen and oxygen atoms in total. The zero-order valence-corrected chi connectivity index (χ0v) is 53.8. The van der Waals surface area contributed by atoms with Crippen LogP contribution in [-0.4, -0.2) is 203 Å². The molecule has 23 heteroatoms. The Morgan fingerprint density at radius 1 is 0.854 bits per heavy atom. The Labute approximate surface area is 530 Å². The number of piperazine rings is 2. The molecule has 89 heavy (non-hydrogen) atoms. The highest BCUT2D eigenvalue weighted by Crippen LogP contribution is 2.39. The molecular formula is C66H92ClN17O5. The molecule has 0 radical (unpaired) electrons. The van der Waals surface area contributed by atoms with Crippen LogP contribution < -0.4 is 55.7 Å². The van der Waals surface area contributed by atoms with Crippen molar-refractivity contribution in [2.45, 2.75) is 103 Å². The zero-order valence-electron chi connectivity index (χ0n) is 53.1. The van der Waals surface area contributed by atoms with E-state index in [9.17, 15) is 19.6 Å². The Morgan fingerprint density at radius 2 is 1.63 bits per heavy atom. The van der Waals surface area contributed by atoms with E-state index < -0.39 is 0 Å². The lowest BCUT2D eigenvalue weighted by Crippen LogP contribution is -2.51. The number of amides is 3. The number of methoxy groups -OCH3 is 1. The van der Waals surface area contributed by atoms with Crippen LogP contribution in [0.15, 0.2) is 72.9 Å². The lowest BCUT2D eigenvalue weighted by molar-refractivity contribution is -0.118. The highest BCUT2D eigenvalue weighted by Gasteiger charge is 2.35. The summed E-state index contributed by atoms with van der Waals surface area (Å²) in [6.07, 6.45) is 10.7. The summed E-state index contributed by atoms with van der Waals surface area (Å²) in [7, 11) is 5.19. The fourth-order valence-corrected chi connectivity index (χ4v) is 13.1. The van der Waals surface area contributed by atoms with Crippen molar-refractivity contribution in [1.82, 2.24) is 55.9 Å². The molecule has 1 unspecified atom stereocenters.